The van der Waals surface area contributed by atoms with Gasteiger partial charge in [0.25, 0.3) is 0 Å². The standard InChI is InChI=1S/C24H28ClN3O4S/c25-20-7-11-22(12-8-20)33(31,32)28-15-3-4-19(17-28)24(30)26-21-9-5-18(6-10-21)16-23(29)27-13-1-2-14-27/h5-12,19H,1-4,13-17H2,(H,26,30)/t19-/m1/s1. The third kappa shape index (κ3) is 5.75. The van der Waals surface area contributed by atoms with Crippen LogP contribution in [-0.4, -0.2) is 55.6 Å². The van der Waals surface area contributed by atoms with Crippen molar-refractivity contribution in [2.75, 3.05) is 31.5 Å². The normalized spacial score (nSPS) is 19.4. The molecule has 2 aromatic carbocycles. The Morgan fingerprint density at radius 2 is 1.61 bits per heavy atom. The second kappa shape index (κ2) is 10.2. The van der Waals surface area contributed by atoms with Crippen LogP contribution in [0.5, 0.6) is 0 Å². The molecule has 1 N–H and O–H groups in total. The van der Waals surface area contributed by atoms with E-state index in [2.05, 4.69) is 5.32 Å². The van der Waals surface area contributed by atoms with Gasteiger partial charge in [0.15, 0.2) is 0 Å². The predicted molar refractivity (Wildman–Crippen MR) is 128 cm³/mol. The van der Waals surface area contributed by atoms with Crippen LogP contribution in [0.3, 0.4) is 0 Å². The number of hydrogen-bond acceptors (Lipinski definition) is 4. The number of likely N-dealkylation sites (tertiary alicyclic amines) is 1. The van der Waals surface area contributed by atoms with Crippen molar-refractivity contribution in [3.8, 4) is 0 Å². The van der Waals surface area contributed by atoms with E-state index in [4.69, 9.17) is 11.6 Å². The van der Waals surface area contributed by atoms with Gasteiger partial charge in [-0.2, -0.15) is 4.31 Å². The Labute approximate surface area is 199 Å². The molecular formula is C24H28ClN3O4S. The summed E-state index contributed by atoms with van der Waals surface area (Å²) in [5.74, 6) is -0.502. The van der Waals surface area contributed by atoms with E-state index in [9.17, 15) is 18.0 Å². The molecule has 2 heterocycles. The minimum Gasteiger partial charge on any atom is -0.342 e. The fourth-order valence-corrected chi connectivity index (χ4v) is 5.98. The van der Waals surface area contributed by atoms with Crippen molar-refractivity contribution in [3.05, 3.63) is 59.1 Å². The van der Waals surface area contributed by atoms with Gasteiger partial charge in [-0.15, -0.1) is 0 Å². The summed E-state index contributed by atoms with van der Waals surface area (Å²) in [5.41, 5.74) is 1.54. The number of hydrogen-bond donors (Lipinski definition) is 1. The number of anilines is 1. The number of amides is 2. The van der Waals surface area contributed by atoms with Gasteiger partial charge in [-0.1, -0.05) is 23.7 Å². The van der Waals surface area contributed by atoms with Crippen molar-refractivity contribution in [1.82, 2.24) is 9.21 Å². The van der Waals surface area contributed by atoms with Crippen LogP contribution in [0.15, 0.2) is 53.4 Å². The van der Waals surface area contributed by atoms with E-state index in [1.54, 1.807) is 24.3 Å². The first-order valence-corrected chi connectivity index (χ1v) is 13.1. The molecule has 0 radical (unpaired) electrons. The van der Waals surface area contributed by atoms with E-state index < -0.39 is 15.9 Å². The lowest BCUT2D eigenvalue weighted by molar-refractivity contribution is -0.129. The van der Waals surface area contributed by atoms with Crippen molar-refractivity contribution >= 4 is 39.1 Å². The van der Waals surface area contributed by atoms with E-state index in [-0.39, 0.29) is 23.3 Å². The SMILES string of the molecule is O=C(Nc1ccc(CC(=O)N2CCCC2)cc1)[C@@H]1CCCN(S(=O)(=O)c2ccc(Cl)cc2)C1. The Kier molecular flexibility index (Phi) is 7.36. The highest BCUT2D eigenvalue weighted by atomic mass is 35.5. The van der Waals surface area contributed by atoms with E-state index in [0.717, 1.165) is 31.5 Å². The van der Waals surface area contributed by atoms with Crippen molar-refractivity contribution in [2.45, 2.75) is 37.0 Å². The van der Waals surface area contributed by atoms with Crippen LogP contribution in [0.1, 0.15) is 31.2 Å². The Hall–Kier alpha value is -2.42. The number of sulfonamides is 1. The summed E-state index contributed by atoms with van der Waals surface area (Å²) in [5, 5.41) is 3.36. The molecule has 2 aliphatic rings. The molecule has 2 aliphatic heterocycles. The first kappa shape index (κ1) is 23.7. The lowest BCUT2D eigenvalue weighted by Crippen LogP contribution is -2.43. The summed E-state index contributed by atoms with van der Waals surface area (Å²) in [7, 11) is -3.68. The summed E-state index contributed by atoms with van der Waals surface area (Å²) in [6.07, 6.45) is 3.73. The van der Waals surface area contributed by atoms with E-state index in [1.807, 2.05) is 17.0 Å². The summed E-state index contributed by atoms with van der Waals surface area (Å²) < 4.78 is 27.3. The van der Waals surface area contributed by atoms with E-state index in [0.29, 0.717) is 36.5 Å². The second-order valence-corrected chi connectivity index (χ2v) is 11.0. The van der Waals surface area contributed by atoms with Gasteiger partial charge in [0.2, 0.25) is 21.8 Å². The Bertz CT molecular complexity index is 1100. The average Bonchev–Trinajstić information content (AvgIpc) is 3.36. The molecule has 33 heavy (non-hydrogen) atoms. The Balaban J connectivity index is 1.35. The fraction of sp³-hybridized carbons (Fsp3) is 0.417. The summed E-state index contributed by atoms with van der Waals surface area (Å²) in [6.45, 7) is 2.19. The minimum atomic E-state index is -3.68. The number of nitrogens with zero attached hydrogens (tertiary/aromatic N) is 2. The first-order chi connectivity index (χ1) is 15.8. The lowest BCUT2D eigenvalue weighted by atomic mass is 9.98. The van der Waals surface area contributed by atoms with E-state index in [1.165, 1.54) is 16.4 Å². The molecule has 0 aromatic heterocycles. The number of halogens is 1. The van der Waals surface area contributed by atoms with Gasteiger partial charge >= 0.3 is 0 Å². The Morgan fingerprint density at radius 3 is 2.27 bits per heavy atom. The minimum absolute atomic E-state index is 0.133. The van der Waals surface area contributed by atoms with Crippen LogP contribution >= 0.6 is 11.6 Å². The van der Waals surface area contributed by atoms with Gasteiger partial charge in [0.05, 0.1) is 17.2 Å². The van der Waals surface area contributed by atoms with E-state index >= 15 is 0 Å². The maximum atomic E-state index is 13.0. The zero-order valence-corrected chi connectivity index (χ0v) is 19.9. The molecule has 2 amide bonds. The van der Waals surface area contributed by atoms with Crippen LogP contribution in [0, 0.1) is 5.92 Å². The monoisotopic (exact) mass is 489 g/mol. The quantitative estimate of drug-likeness (QED) is 0.672. The highest BCUT2D eigenvalue weighted by molar-refractivity contribution is 7.89. The van der Waals surface area contributed by atoms with Gasteiger partial charge in [-0.05, 0) is 67.6 Å². The molecule has 7 nitrogen and oxygen atoms in total. The summed E-state index contributed by atoms with van der Waals surface area (Å²) in [4.78, 5) is 27.2. The molecule has 2 saturated heterocycles. The Morgan fingerprint density at radius 1 is 0.939 bits per heavy atom. The zero-order valence-electron chi connectivity index (χ0n) is 18.4. The van der Waals surface area contributed by atoms with Crippen LogP contribution in [0.4, 0.5) is 5.69 Å². The highest BCUT2D eigenvalue weighted by Crippen LogP contribution is 2.26. The van der Waals surface area contributed by atoms with Gasteiger partial charge in [-0.25, -0.2) is 8.42 Å². The molecule has 176 valence electrons. The van der Waals surface area contributed by atoms with Gasteiger partial charge in [0, 0.05) is 36.9 Å². The molecule has 4 rings (SSSR count). The van der Waals surface area contributed by atoms with Gasteiger partial charge < -0.3 is 10.2 Å². The summed E-state index contributed by atoms with van der Waals surface area (Å²) in [6, 6.07) is 13.3. The van der Waals surface area contributed by atoms with Crippen LogP contribution in [0.25, 0.3) is 0 Å². The molecule has 0 unspecified atom stereocenters. The smallest absolute Gasteiger partial charge is 0.243 e. The number of benzene rings is 2. The third-order valence-corrected chi connectivity index (χ3v) is 8.37. The molecule has 0 bridgehead atoms. The predicted octanol–water partition coefficient (Wildman–Crippen LogP) is 3.54. The van der Waals surface area contributed by atoms with Gasteiger partial charge in [-0.3, -0.25) is 9.59 Å². The molecule has 9 heteroatoms. The first-order valence-electron chi connectivity index (χ1n) is 11.3. The average molecular weight is 490 g/mol. The van der Waals surface area contributed by atoms with Crippen LogP contribution < -0.4 is 5.32 Å². The van der Waals surface area contributed by atoms with Crippen molar-refractivity contribution < 1.29 is 18.0 Å². The number of rotatable bonds is 6. The number of piperidine rings is 1. The topological polar surface area (TPSA) is 86.8 Å². The van der Waals surface area contributed by atoms with Crippen LogP contribution in [-0.2, 0) is 26.0 Å². The van der Waals surface area contributed by atoms with Crippen molar-refractivity contribution in [2.24, 2.45) is 5.92 Å². The van der Waals surface area contributed by atoms with Crippen molar-refractivity contribution in [3.63, 3.8) is 0 Å². The maximum absolute atomic E-state index is 13.0. The molecule has 2 fully saturated rings. The number of carbonyl (C=O) groups is 2. The van der Waals surface area contributed by atoms with Gasteiger partial charge in [0.1, 0.15) is 0 Å². The van der Waals surface area contributed by atoms with Crippen molar-refractivity contribution in [1.29, 1.82) is 0 Å². The molecule has 1 atom stereocenters. The zero-order chi connectivity index (χ0) is 23.4. The maximum Gasteiger partial charge on any atom is 0.243 e. The number of carbonyl (C=O) groups excluding carboxylic acids is 2. The molecular weight excluding hydrogens is 462 g/mol. The summed E-state index contributed by atoms with van der Waals surface area (Å²) >= 11 is 5.87. The fourth-order valence-electron chi connectivity index (χ4n) is 4.33. The molecule has 0 aliphatic carbocycles. The largest absolute Gasteiger partial charge is 0.342 e. The molecule has 2 aromatic rings. The lowest BCUT2D eigenvalue weighted by Gasteiger charge is -2.31. The second-order valence-electron chi connectivity index (χ2n) is 8.61. The third-order valence-electron chi connectivity index (χ3n) is 6.24. The number of nitrogens with one attached hydrogen (secondary N) is 1. The molecule has 0 saturated carbocycles. The van der Waals surface area contributed by atoms with Crippen LogP contribution in [0.2, 0.25) is 5.02 Å². The molecule has 0 spiro atoms. The highest BCUT2D eigenvalue weighted by Gasteiger charge is 2.33.